The first kappa shape index (κ1) is 20.3. The SMILES string of the molecule is COc1ccc(C(=O)NC2CCCCCC2)cc1COc1cccc2ccccc12. The van der Waals surface area contributed by atoms with E-state index in [-0.39, 0.29) is 11.9 Å². The maximum Gasteiger partial charge on any atom is 0.251 e. The molecule has 1 fully saturated rings. The highest BCUT2D eigenvalue weighted by Crippen LogP contribution is 2.28. The highest BCUT2D eigenvalue weighted by Gasteiger charge is 2.17. The second-order valence-corrected chi connectivity index (χ2v) is 7.95. The summed E-state index contributed by atoms with van der Waals surface area (Å²) in [6, 6.07) is 20.0. The Kier molecular flexibility index (Phi) is 6.53. The summed E-state index contributed by atoms with van der Waals surface area (Å²) in [7, 11) is 1.64. The quantitative estimate of drug-likeness (QED) is 0.523. The van der Waals surface area contributed by atoms with Gasteiger partial charge in [0, 0.05) is 22.6 Å². The summed E-state index contributed by atoms with van der Waals surface area (Å²) < 4.78 is 11.6. The highest BCUT2D eigenvalue weighted by molar-refractivity contribution is 5.94. The topological polar surface area (TPSA) is 47.6 Å². The fourth-order valence-corrected chi connectivity index (χ4v) is 4.20. The van der Waals surface area contributed by atoms with E-state index < -0.39 is 0 Å². The fourth-order valence-electron chi connectivity index (χ4n) is 4.20. The molecule has 0 heterocycles. The molecule has 0 spiro atoms. The van der Waals surface area contributed by atoms with Gasteiger partial charge in [0.2, 0.25) is 0 Å². The summed E-state index contributed by atoms with van der Waals surface area (Å²) >= 11 is 0. The van der Waals surface area contributed by atoms with Gasteiger partial charge >= 0.3 is 0 Å². The first-order chi connectivity index (χ1) is 14.7. The lowest BCUT2D eigenvalue weighted by Crippen LogP contribution is -2.34. The fraction of sp³-hybridized carbons (Fsp3) is 0.346. The molecule has 0 radical (unpaired) electrons. The van der Waals surface area contributed by atoms with Crippen LogP contribution >= 0.6 is 0 Å². The minimum absolute atomic E-state index is 0.0176. The monoisotopic (exact) mass is 403 g/mol. The Morgan fingerprint density at radius 2 is 1.70 bits per heavy atom. The molecular formula is C26H29NO3. The lowest BCUT2D eigenvalue weighted by atomic mass is 10.1. The Bertz CT molecular complexity index is 1000. The Morgan fingerprint density at radius 1 is 0.933 bits per heavy atom. The number of carbonyl (C=O) groups excluding carboxylic acids is 1. The van der Waals surface area contributed by atoms with Gasteiger partial charge in [-0.15, -0.1) is 0 Å². The molecular weight excluding hydrogens is 374 g/mol. The van der Waals surface area contributed by atoms with Crippen molar-refractivity contribution in [3.8, 4) is 11.5 Å². The van der Waals surface area contributed by atoms with E-state index in [1.807, 2.05) is 42.5 Å². The van der Waals surface area contributed by atoms with Crippen LogP contribution in [0.25, 0.3) is 10.8 Å². The number of rotatable bonds is 6. The molecule has 156 valence electrons. The van der Waals surface area contributed by atoms with E-state index in [4.69, 9.17) is 9.47 Å². The van der Waals surface area contributed by atoms with Crippen LogP contribution in [0.15, 0.2) is 60.7 Å². The molecule has 0 aromatic heterocycles. The van der Waals surface area contributed by atoms with Crippen LogP contribution in [0.2, 0.25) is 0 Å². The number of benzene rings is 3. The van der Waals surface area contributed by atoms with Gasteiger partial charge in [-0.3, -0.25) is 4.79 Å². The van der Waals surface area contributed by atoms with E-state index in [0.29, 0.717) is 12.2 Å². The molecule has 1 N–H and O–H groups in total. The summed E-state index contributed by atoms with van der Waals surface area (Å²) in [5.74, 6) is 1.53. The third-order valence-corrected chi connectivity index (χ3v) is 5.87. The highest BCUT2D eigenvalue weighted by atomic mass is 16.5. The van der Waals surface area contributed by atoms with Crippen molar-refractivity contribution in [2.75, 3.05) is 7.11 Å². The van der Waals surface area contributed by atoms with Crippen molar-refractivity contribution in [1.29, 1.82) is 0 Å². The Balaban J connectivity index is 1.50. The largest absolute Gasteiger partial charge is 0.496 e. The second kappa shape index (κ2) is 9.66. The van der Waals surface area contributed by atoms with E-state index in [1.165, 1.54) is 25.7 Å². The minimum atomic E-state index is -0.0176. The van der Waals surface area contributed by atoms with Crippen LogP contribution in [0, 0.1) is 0 Å². The van der Waals surface area contributed by atoms with Gasteiger partial charge in [0.15, 0.2) is 0 Å². The molecule has 0 unspecified atom stereocenters. The molecule has 3 aromatic rings. The van der Waals surface area contributed by atoms with Crippen molar-refractivity contribution in [2.24, 2.45) is 0 Å². The zero-order valence-electron chi connectivity index (χ0n) is 17.5. The Morgan fingerprint density at radius 3 is 2.50 bits per heavy atom. The van der Waals surface area contributed by atoms with Crippen molar-refractivity contribution in [2.45, 2.75) is 51.2 Å². The average molecular weight is 404 g/mol. The molecule has 1 saturated carbocycles. The van der Waals surface area contributed by atoms with Crippen LogP contribution in [0.3, 0.4) is 0 Å². The van der Waals surface area contributed by atoms with Gasteiger partial charge in [0.25, 0.3) is 5.91 Å². The molecule has 30 heavy (non-hydrogen) atoms. The third kappa shape index (κ3) is 4.76. The summed E-state index contributed by atoms with van der Waals surface area (Å²) in [5.41, 5.74) is 1.51. The maximum atomic E-state index is 12.8. The van der Waals surface area contributed by atoms with E-state index >= 15 is 0 Å². The average Bonchev–Trinajstić information content (AvgIpc) is 3.06. The predicted octanol–water partition coefficient (Wildman–Crippen LogP) is 5.88. The van der Waals surface area contributed by atoms with Gasteiger partial charge in [-0.25, -0.2) is 0 Å². The van der Waals surface area contributed by atoms with Crippen molar-refractivity contribution in [3.05, 3.63) is 71.8 Å². The van der Waals surface area contributed by atoms with Crippen molar-refractivity contribution in [3.63, 3.8) is 0 Å². The maximum absolute atomic E-state index is 12.8. The van der Waals surface area contributed by atoms with Gasteiger partial charge in [0.05, 0.1) is 7.11 Å². The third-order valence-electron chi connectivity index (χ3n) is 5.87. The summed E-state index contributed by atoms with van der Waals surface area (Å²) in [6.07, 6.45) is 7.06. The number of amides is 1. The first-order valence-corrected chi connectivity index (χ1v) is 10.8. The van der Waals surface area contributed by atoms with Crippen molar-refractivity contribution >= 4 is 16.7 Å². The Labute approximate surface area is 178 Å². The number of fused-ring (bicyclic) bond motifs is 1. The molecule has 0 saturated heterocycles. The molecule has 0 aliphatic heterocycles. The van der Waals surface area contributed by atoms with Crippen LogP contribution < -0.4 is 14.8 Å². The van der Waals surface area contributed by atoms with Crippen molar-refractivity contribution in [1.82, 2.24) is 5.32 Å². The Hall–Kier alpha value is -3.01. The van der Waals surface area contributed by atoms with Gasteiger partial charge in [-0.1, -0.05) is 62.1 Å². The van der Waals surface area contributed by atoms with Crippen molar-refractivity contribution < 1.29 is 14.3 Å². The number of methoxy groups -OCH3 is 1. The zero-order chi connectivity index (χ0) is 20.8. The molecule has 4 rings (SSSR count). The molecule has 4 nitrogen and oxygen atoms in total. The number of ether oxygens (including phenoxy) is 2. The van der Waals surface area contributed by atoms with Gasteiger partial charge < -0.3 is 14.8 Å². The summed E-state index contributed by atoms with van der Waals surface area (Å²) in [6.45, 7) is 0.335. The van der Waals surface area contributed by atoms with Gasteiger partial charge in [-0.05, 0) is 42.5 Å². The van der Waals surface area contributed by atoms with E-state index in [2.05, 4.69) is 23.5 Å². The van der Waals surface area contributed by atoms with Crippen LogP contribution in [-0.2, 0) is 6.61 Å². The minimum Gasteiger partial charge on any atom is -0.496 e. The first-order valence-electron chi connectivity index (χ1n) is 10.8. The smallest absolute Gasteiger partial charge is 0.251 e. The molecule has 0 bridgehead atoms. The van der Waals surface area contributed by atoms with Crippen LogP contribution in [0.5, 0.6) is 11.5 Å². The molecule has 1 aliphatic rings. The number of hydrogen-bond donors (Lipinski definition) is 1. The number of carbonyl (C=O) groups is 1. The van der Waals surface area contributed by atoms with E-state index in [1.54, 1.807) is 7.11 Å². The van der Waals surface area contributed by atoms with E-state index in [9.17, 15) is 4.79 Å². The van der Waals surface area contributed by atoms with Gasteiger partial charge in [0.1, 0.15) is 18.1 Å². The number of hydrogen-bond acceptors (Lipinski definition) is 3. The molecule has 3 aromatic carbocycles. The van der Waals surface area contributed by atoms with Crippen LogP contribution in [0.1, 0.15) is 54.4 Å². The molecule has 4 heteroatoms. The predicted molar refractivity (Wildman–Crippen MR) is 120 cm³/mol. The molecule has 1 amide bonds. The normalized spacial score (nSPS) is 14.8. The lowest BCUT2D eigenvalue weighted by molar-refractivity contribution is 0.0933. The molecule has 0 atom stereocenters. The standard InChI is InChI=1S/C26H29NO3/c1-29-24-16-15-20(26(28)27-22-11-4-2-3-5-12-22)17-21(24)18-30-25-14-8-10-19-9-6-7-13-23(19)25/h6-10,13-17,22H,2-5,11-12,18H2,1H3,(H,27,28). The summed E-state index contributed by atoms with van der Waals surface area (Å²) in [5, 5.41) is 5.43. The van der Waals surface area contributed by atoms with E-state index in [0.717, 1.165) is 40.7 Å². The molecule has 1 aliphatic carbocycles. The summed E-state index contributed by atoms with van der Waals surface area (Å²) in [4.78, 5) is 12.8. The number of nitrogens with one attached hydrogen (secondary N) is 1. The lowest BCUT2D eigenvalue weighted by Gasteiger charge is -2.17. The second-order valence-electron chi connectivity index (χ2n) is 7.95. The zero-order valence-corrected chi connectivity index (χ0v) is 17.5. The van der Waals surface area contributed by atoms with Gasteiger partial charge in [-0.2, -0.15) is 0 Å². The van der Waals surface area contributed by atoms with Crippen LogP contribution in [-0.4, -0.2) is 19.1 Å². The van der Waals surface area contributed by atoms with Crippen LogP contribution in [0.4, 0.5) is 0 Å².